The van der Waals surface area contributed by atoms with E-state index in [2.05, 4.69) is 20.8 Å². The number of nitrogens with zero attached hydrogens (tertiary/aromatic N) is 4. The Morgan fingerprint density at radius 1 is 1.35 bits per heavy atom. The molecule has 1 heterocycles. The highest BCUT2D eigenvalue weighted by Gasteiger charge is 2.06. The van der Waals surface area contributed by atoms with E-state index >= 15 is 0 Å². The van der Waals surface area contributed by atoms with Gasteiger partial charge in [-0.1, -0.05) is 30.3 Å². The molecule has 0 aliphatic rings. The highest BCUT2D eigenvalue weighted by atomic mass is 16.2. The lowest BCUT2D eigenvalue weighted by atomic mass is 10.2. The molecule has 1 aromatic carbocycles. The van der Waals surface area contributed by atoms with Gasteiger partial charge in [0.05, 0.1) is 0 Å². The molecule has 0 aliphatic carbocycles. The van der Waals surface area contributed by atoms with Crippen molar-refractivity contribution in [3.05, 3.63) is 41.7 Å². The van der Waals surface area contributed by atoms with Crippen LogP contribution < -0.4 is 5.32 Å². The Kier molecular flexibility index (Phi) is 3.44. The first-order valence-corrected chi connectivity index (χ1v) is 5.29. The zero-order chi connectivity index (χ0) is 12.1. The molecule has 17 heavy (non-hydrogen) atoms. The third-order valence-corrected chi connectivity index (χ3v) is 2.34. The molecule has 0 unspecified atom stereocenters. The number of amides is 1. The fourth-order valence-electron chi connectivity index (χ4n) is 1.38. The van der Waals surface area contributed by atoms with Crippen molar-refractivity contribution >= 4 is 5.91 Å². The minimum absolute atomic E-state index is 0.107. The summed E-state index contributed by atoms with van der Waals surface area (Å²) >= 11 is 0. The quantitative estimate of drug-likeness (QED) is 0.821. The average Bonchev–Trinajstić information content (AvgIpc) is 2.74. The summed E-state index contributed by atoms with van der Waals surface area (Å²) in [6, 6.07) is 9.74. The van der Waals surface area contributed by atoms with Gasteiger partial charge in [0.2, 0.25) is 5.91 Å². The van der Waals surface area contributed by atoms with Crippen LogP contribution in [-0.4, -0.2) is 26.1 Å². The highest BCUT2D eigenvalue weighted by molar-refractivity contribution is 5.75. The molecule has 2 rings (SSSR count). The van der Waals surface area contributed by atoms with Gasteiger partial charge in [0, 0.05) is 6.54 Å². The number of aromatic nitrogens is 4. The summed E-state index contributed by atoms with van der Waals surface area (Å²) in [5.74, 6) is 0.518. The number of benzene rings is 1. The molecule has 2 aromatic rings. The summed E-state index contributed by atoms with van der Waals surface area (Å²) in [7, 11) is 0. The summed E-state index contributed by atoms with van der Waals surface area (Å²) in [4.78, 5) is 11.6. The molecule has 0 saturated heterocycles. The van der Waals surface area contributed by atoms with E-state index in [1.165, 1.54) is 4.68 Å². The second kappa shape index (κ2) is 5.20. The minimum atomic E-state index is -0.107. The van der Waals surface area contributed by atoms with Crippen LogP contribution in [0.15, 0.2) is 30.3 Å². The molecule has 1 amide bonds. The predicted octanol–water partition coefficient (Wildman–Crippen LogP) is 0.298. The molecule has 0 fully saturated rings. The molecular weight excluding hydrogens is 218 g/mol. The molecule has 0 spiro atoms. The van der Waals surface area contributed by atoms with Crippen molar-refractivity contribution in [1.82, 2.24) is 25.5 Å². The summed E-state index contributed by atoms with van der Waals surface area (Å²) in [5.41, 5.74) is 1.06. The summed E-state index contributed by atoms with van der Waals surface area (Å²) < 4.78 is 1.46. The monoisotopic (exact) mass is 231 g/mol. The Labute approximate surface area is 98.6 Å². The van der Waals surface area contributed by atoms with Crippen molar-refractivity contribution in [2.75, 3.05) is 0 Å². The van der Waals surface area contributed by atoms with E-state index in [9.17, 15) is 4.79 Å². The van der Waals surface area contributed by atoms with Gasteiger partial charge in [0.25, 0.3) is 0 Å². The van der Waals surface area contributed by atoms with Crippen molar-refractivity contribution in [3.63, 3.8) is 0 Å². The van der Waals surface area contributed by atoms with Gasteiger partial charge < -0.3 is 5.32 Å². The molecular formula is C11H13N5O. The van der Waals surface area contributed by atoms with Crippen LogP contribution in [0.25, 0.3) is 0 Å². The summed E-state index contributed by atoms with van der Waals surface area (Å²) in [6.45, 7) is 2.41. The van der Waals surface area contributed by atoms with Crippen molar-refractivity contribution in [2.45, 2.75) is 20.0 Å². The maximum absolute atomic E-state index is 11.6. The lowest BCUT2D eigenvalue weighted by Crippen LogP contribution is -2.28. The molecule has 0 saturated carbocycles. The van der Waals surface area contributed by atoms with E-state index in [0.29, 0.717) is 12.4 Å². The first-order chi connectivity index (χ1) is 8.25. The fraction of sp³-hybridized carbons (Fsp3) is 0.273. The van der Waals surface area contributed by atoms with Crippen LogP contribution >= 0.6 is 0 Å². The maximum atomic E-state index is 11.6. The van der Waals surface area contributed by atoms with Gasteiger partial charge in [-0.25, -0.2) is 4.68 Å². The third kappa shape index (κ3) is 3.10. The second-order valence-electron chi connectivity index (χ2n) is 3.65. The van der Waals surface area contributed by atoms with Gasteiger partial charge >= 0.3 is 0 Å². The summed E-state index contributed by atoms with van der Waals surface area (Å²) in [5, 5.41) is 13.7. The Bertz CT molecular complexity index is 494. The molecule has 1 N–H and O–H groups in total. The van der Waals surface area contributed by atoms with E-state index in [1.54, 1.807) is 6.92 Å². The van der Waals surface area contributed by atoms with E-state index in [0.717, 1.165) is 5.56 Å². The number of carbonyl (C=O) groups excluding carboxylic acids is 1. The van der Waals surface area contributed by atoms with Crippen LogP contribution in [0, 0.1) is 6.92 Å². The fourth-order valence-corrected chi connectivity index (χ4v) is 1.38. The van der Waals surface area contributed by atoms with Crippen LogP contribution in [-0.2, 0) is 17.9 Å². The second-order valence-corrected chi connectivity index (χ2v) is 3.65. The van der Waals surface area contributed by atoms with Crippen molar-refractivity contribution < 1.29 is 4.79 Å². The first kappa shape index (κ1) is 11.3. The SMILES string of the molecule is Cc1nnnn1CC(=O)NCc1ccccc1. The van der Waals surface area contributed by atoms with Gasteiger partial charge in [0.1, 0.15) is 12.4 Å². The number of hydrogen-bond donors (Lipinski definition) is 1. The highest BCUT2D eigenvalue weighted by Crippen LogP contribution is 1.97. The number of aryl methyl sites for hydroxylation is 1. The molecule has 0 bridgehead atoms. The standard InChI is InChI=1S/C11H13N5O/c1-9-13-14-15-16(9)8-11(17)12-7-10-5-3-2-4-6-10/h2-6H,7-8H2,1H3,(H,12,17). The van der Waals surface area contributed by atoms with E-state index < -0.39 is 0 Å². The zero-order valence-electron chi connectivity index (χ0n) is 9.50. The van der Waals surface area contributed by atoms with Crippen LogP contribution in [0.5, 0.6) is 0 Å². The molecule has 0 radical (unpaired) electrons. The Balaban J connectivity index is 1.85. The van der Waals surface area contributed by atoms with Crippen LogP contribution in [0.3, 0.4) is 0 Å². The molecule has 6 heteroatoms. The molecule has 6 nitrogen and oxygen atoms in total. The molecule has 88 valence electrons. The van der Waals surface area contributed by atoms with Crippen LogP contribution in [0.1, 0.15) is 11.4 Å². The first-order valence-electron chi connectivity index (χ1n) is 5.29. The lowest BCUT2D eigenvalue weighted by molar-refractivity contribution is -0.122. The third-order valence-electron chi connectivity index (χ3n) is 2.34. The largest absolute Gasteiger partial charge is 0.350 e. The number of tetrazole rings is 1. The Morgan fingerprint density at radius 3 is 2.76 bits per heavy atom. The van der Waals surface area contributed by atoms with Crippen molar-refractivity contribution in [2.24, 2.45) is 0 Å². The van der Waals surface area contributed by atoms with E-state index in [-0.39, 0.29) is 12.5 Å². The van der Waals surface area contributed by atoms with Gasteiger partial charge in [-0.3, -0.25) is 4.79 Å². The smallest absolute Gasteiger partial charge is 0.242 e. The molecule has 0 aliphatic heterocycles. The zero-order valence-corrected chi connectivity index (χ0v) is 9.50. The van der Waals surface area contributed by atoms with E-state index in [1.807, 2.05) is 30.3 Å². The maximum Gasteiger partial charge on any atom is 0.242 e. The van der Waals surface area contributed by atoms with Crippen molar-refractivity contribution in [1.29, 1.82) is 0 Å². The number of rotatable bonds is 4. The number of nitrogens with one attached hydrogen (secondary N) is 1. The Hall–Kier alpha value is -2.24. The average molecular weight is 231 g/mol. The van der Waals surface area contributed by atoms with Gasteiger partial charge in [-0.15, -0.1) is 5.10 Å². The summed E-state index contributed by atoms with van der Waals surface area (Å²) in [6.07, 6.45) is 0. The normalized spacial score (nSPS) is 10.2. The van der Waals surface area contributed by atoms with Gasteiger partial charge in [0.15, 0.2) is 0 Å². The number of carbonyl (C=O) groups is 1. The molecule has 1 aromatic heterocycles. The van der Waals surface area contributed by atoms with Gasteiger partial charge in [-0.05, 0) is 22.9 Å². The van der Waals surface area contributed by atoms with Crippen LogP contribution in [0.2, 0.25) is 0 Å². The Morgan fingerprint density at radius 2 is 2.12 bits per heavy atom. The predicted molar refractivity (Wildman–Crippen MR) is 60.8 cm³/mol. The van der Waals surface area contributed by atoms with Crippen LogP contribution in [0.4, 0.5) is 0 Å². The topological polar surface area (TPSA) is 72.7 Å². The lowest BCUT2D eigenvalue weighted by Gasteiger charge is -2.05. The molecule has 0 atom stereocenters. The van der Waals surface area contributed by atoms with Crippen molar-refractivity contribution in [3.8, 4) is 0 Å². The number of hydrogen-bond acceptors (Lipinski definition) is 4. The van der Waals surface area contributed by atoms with E-state index in [4.69, 9.17) is 0 Å². The van der Waals surface area contributed by atoms with Gasteiger partial charge in [-0.2, -0.15) is 0 Å². The minimum Gasteiger partial charge on any atom is -0.350 e.